The number of amides is 1. The van der Waals surface area contributed by atoms with Crippen LogP contribution in [0.5, 0.6) is 0 Å². The number of nitrogens with one attached hydrogen (secondary N) is 1. The number of carbonyl (C=O) groups is 1. The lowest BCUT2D eigenvalue weighted by atomic mass is 9.77. The predicted molar refractivity (Wildman–Crippen MR) is 55.8 cm³/mol. The van der Waals surface area contributed by atoms with Gasteiger partial charge in [0.25, 0.3) is 0 Å². The molecule has 1 aromatic rings. The van der Waals surface area contributed by atoms with E-state index in [2.05, 4.69) is 10.4 Å². The van der Waals surface area contributed by atoms with Crippen molar-refractivity contribution in [3.05, 3.63) is 18.0 Å². The Morgan fingerprint density at radius 2 is 2.47 bits per heavy atom. The van der Waals surface area contributed by atoms with Crippen molar-refractivity contribution in [2.45, 2.75) is 31.3 Å². The van der Waals surface area contributed by atoms with Gasteiger partial charge in [-0.3, -0.25) is 9.48 Å². The maximum Gasteiger partial charge on any atom is 0.240 e. The molecule has 0 atom stereocenters. The molecule has 1 aliphatic carbocycles. The minimum atomic E-state index is -0.616. The lowest BCUT2D eigenvalue weighted by Gasteiger charge is -2.36. The Kier molecular flexibility index (Phi) is 2.48. The average Bonchev–Trinajstić information content (AvgIpc) is 2.57. The van der Waals surface area contributed by atoms with Gasteiger partial charge in [-0.2, -0.15) is 5.10 Å². The Hall–Kier alpha value is -1.36. The molecule has 0 saturated heterocycles. The minimum absolute atomic E-state index is 0.0561. The van der Waals surface area contributed by atoms with Gasteiger partial charge < -0.3 is 11.1 Å². The van der Waals surface area contributed by atoms with Crippen LogP contribution in [0.3, 0.4) is 0 Å². The van der Waals surface area contributed by atoms with Crippen molar-refractivity contribution in [2.24, 2.45) is 12.8 Å². The minimum Gasteiger partial charge on any atom is -0.349 e. The molecule has 3 N–H and O–H groups in total. The molecule has 0 bridgehead atoms. The first-order valence-electron chi connectivity index (χ1n) is 5.16. The molecule has 0 radical (unpaired) electrons. The van der Waals surface area contributed by atoms with Crippen LogP contribution in [0.1, 0.15) is 25.0 Å². The molecule has 1 heterocycles. The molecule has 1 amide bonds. The van der Waals surface area contributed by atoms with E-state index in [9.17, 15) is 4.79 Å². The summed E-state index contributed by atoms with van der Waals surface area (Å²) in [5, 5.41) is 6.98. The maximum atomic E-state index is 11.7. The SMILES string of the molecule is Cn1ccc(CNC(=O)C2(N)CCC2)n1. The molecule has 1 saturated carbocycles. The van der Waals surface area contributed by atoms with Crippen LogP contribution in [0.15, 0.2) is 12.3 Å². The summed E-state index contributed by atoms with van der Waals surface area (Å²) in [6.45, 7) is 0.457. The number of hydrogen-bond acceptors (Lipinski definition) is 3. The van der Waals surface area contributed by atoms with Gasteiger partial charge in [0.1, 0.15) is 0 Å². The van der Waals surface area contributed by atoms with Crippen LogP contribution in [-0.2, 0) is 18.4 Å². The molecule has 82 valence electrons. The Labute approximate surface area is 88.6 Å². The van der Waals surface area contributed by atoms with Crippen LogP contribution in [0, 0.1) is 0 Å². The maximum absolute atomic E-state index is 11.7. The number of hydrogen-bond donors (Lipinski definition) is 2. The molecule has 0 aliphatic heterocycles. The van der Waals surface area contributed by atoms with Gasteiger partial charge in [0.05, 0.1) is 17.8 Å². The summed E-state index contributed by atoms with van der Waals surface area (Å²) in [6, 6.07) is 1.88. The highest BCUT2D eigenvalue weighted by Crippen LogP contribution is 2.28. The van der Waals surface area contributed by atoms with E-state index in [0.717, 1.165) is 25.0 Å². The second-order valence-electron chi connectivity index (χ2n) is 4.17. The Morgan fingerprint density at radius 1 is 1.73 bits per heavy atom. The van der Waals surface area contributed by atoms with Gasteiger partial charge in [0.2, 0.25) is 5.91 Å². The third-order valence-electron chi connectivity index (χ3n) is 2.90. The number of carbonyl (C=O) groups excluding carboxylic acids is 1. The van der Waals surface area contributed by atoms with E-state index in [1.54, 1.807) is 4.68 Å². The molecule has 5 heteroatoms. The van der Waals surface area contributed by atoms with Crippen molar-refractivity contribution in [1.29, 1.82) is 0 Å². The number of aryl methyl sites for hydroxylation is 1. The van der Waals surface area contributed by atoms with E-state index >= 15 is 0 Å². The van der Waals surface area contributed by atoms with E-state index in [-0.39, 0.29) is 5.91 Å². The molecule has 0 unspecified atom stereocenters. The first-order valence-corrected chi connectivity index (χ1v) is 5.16. The highest BCUT2D eigenvalue weighted by Gasteiger charge is 2.39. The van der Waals surface area contributed by atoms with E-state index in [0.29, 0.717) is 6.54 Å². The second kappa shape index (κ2) is 3.66. The van der Waals surface area contributed by atoms with E-state index in [4.69, 9.17) is 5.73 Å². The van der Waals surface area contributed by atoms with E-state index in [1.807, 2.05) is 19.3 Å². The average molecular weight is 208 g/mol. The summed E-state index contributed by atoms with van der Waals surface area (Å²) in [5.41, 5.74) is 6.12. The van der Waals surface area contributed by atoms with Crippen LogP contribution in [0.4, 0.5) is 0 Å². The second-order valence-corrected chi connectivity index (χ2v) is 4.17. The number of rotatable bonds is 3. The molecule has 0 spiro atoms. The molecular formula is C10H16N4O. The molecule has 2 rings (SSSR count). The van der Waals surface area contributed by atoms with Gasteiger partial charge in [0, 0.05) is 13.2 Å². The molecule has 1 aliphatic rings. The van der Waals surface area contributed by atoms with Gasteiger partial charge in [-0.15, -0.1) is 0 Å². The number of nitrogens with two attached hydrogens (primary N) is 1. The molecule has 0 aromatic carbocycles. The molecule has 1 fully saturated rings. The van der Waals surface area contributed by atoms with Crippen molar-refractivity contribution in [1.82, 2.24) is 15.1 Å². The van der Waals surface area contributed by atoms with Crippen LogP contribution in [-0.4, -0.2) is 21.2 Å². The Balaban J connectivity index is 1.85. The third-order valence-corrected chi connectivity index (χ3v) is 2.90. The Morgan fingerprint density at radius 3 is 2.93 bits per heavy atom. The van der Waals surface area contributed by atoms with E-state index in [1.165, 1.54) is 0 Å². The zero-order valence-corrected chi connectivity index (χ0v) is 8.86. The lowest BCUT2D eigenvalue weighted by Crippen LogP contribution is -2.58. The van der Waals surface area contributed by atoms with Crippen LogP contribution >= 0.6 is 0 Å². The zero-order chi connectivity index (χ0) is 10.9. The predicted octanol–water partition coefficient (Wildman–Crippen LogP) is -0.0823. The smallest absolute Gasteiger partial charge is 0.240 e. The van der Waals surface area contributed by atoms with Gasteiger partial charge in [-0.25, -0.2) is 0 Å². The van der Waals surface area contributed by atoms with Gasteiger partial charge >= 0.3 is 0 Å². The van der Waals surface area contributed by atoms with Crippen LogP contribution < -0.4 is 11.1 Å². The monoisotopic (exact) mass is 208 g/mol. The summed E-state index contributed by atoms with van der Waals surface area (Å²) >= 11 is 0. The standard InChI is InChI=1S/C10H16N4O/c1-14-6-3-8(13-14)7-12-9(15)10(11)4-2-5-10/h3,6H,2,4-5,7,11H2,1H3,(H,12,15). The fourth-order valence-corrected chi connectivity index (χ4v) is 1.69. The Bertz CT molecular complexity index is 367. The number of aromatic nitrogens is 2. The summed E-state index contributed by atoms with van der Waals surface area (Å²) < 4.78 is 1.71. The third kappa shape index (κ3) is 2.02. The fraction of sp³-hybridized carbons (Fsp3) is 0.600. The summed E-state index contributed by atoms with van der Waals surface area (Å²) in [4.78, 5) is 11.7. The summed E-state index contributed by atoms with van der Waals surface area (Å²) in [7, 11) is 1.85. The van der Waals surface area contributed by atoms with Crippen molar-refractivity contribution in [3.63, 3.8) is 0 Å². The first-order chi connectivity index (χ1) is 7.10. The molecule has 5 nitrogen and oxygen atoms in total. The van der Waals surface area contributed by atoms with Crippen LogP contribution in [0.25, 0.3) is 0 Å². The topological polar surface area (TPSA) is 72.9 Å². The molecular weight excluding hydrogens is 192 g/mol. The van der Waals surface area contributed by atoms with Crippen molar-refractivity contribution in [3.8, 4) is 0 Å². The first kappa shape index (κ1) is 10.2. The van der Waals surface area contributed by atoms with Crippen molar-refractivity contribution >= 4 is 5.91 Å². The normalized spacial score (nSPS) is 18.3. The zero-order valence-electron chi connectivity index (χ0n) is 8.86. The summed E-state index contributed by atoms with van der Waals surface area (Å²) in [5.74, 6) is -0.0561. The molecule has 15 heavy (non-hydrogen) atoms. The van der Waals surface area contributed by atoms with E-state index < -0.39 is 5.54 Å². The highest BCUT2D eigenvalue weighted by atomic mass is 16.2. The molecule has 1 aromatic heterocycles. The van der Waals surface area contributed by atoms with Gasteiger partial charge in [-0.1, -0.05) is 0 Å². The largest absolute Gasteiger partial charge is 0.349 e. The summed E-state index contributed by atoms with van der Waals surface area (Å²) in [6.07, 6.45) is 4.48. The number of nitrogens with zero attached hydrogens (tertiary/aromatic N) is 2. The quantitative estimate of drug-likeness (QED) is 0.729. The van der Waals surface area contributed by atoms with Crippen LogP contribution in [0.2, 0.25) is 0 Å². The van der Waals surface area contributed by atoms with Crippen molar-refractivity contribution < 1.29 is 4.79 Å². The lowest BCUT2D eigenvalue weighted by molar-refractivity contribution is -0.129. The van der Waals surface area contributed by atoms with Gasteiger partial charge in [-0.05, 0) is 25.3 Å². The van der Waals surface area contributed by atoms with Gasteiger partial charge in [0.15, 0.2) is 0 Å². The fourth-order valence-electron chi connectivity index (χ4n) is 1.69. The van der Waals surface area contributed by atoms with Crippen molar-refractivity contribution in [2.75, 3.05) is 0 Å². The highest BCUT2D eigenvalue weighted by molar-refractivity contribution is 5.86.